The molecule has 23 heavy (non-hydrogen) atoms. The number of hydrogen-bond donors (Lipinski definition) is 1. The summed E-state index contributed by atoms with van der Waals surface area (Å²) in [6.45, 7) is 0.105. The first-order valence-electron chi connectivity index (χ1n) is 6.67. The Morgan fingerprint density at radius 2 is 1.91 bits per heavy atom. The summed E-state index contributed by atoms with van der Waals surface area (Å²) in [5, 5.41) is 21.4. The third-order valence-corrected chi connectivity index (χ3v) is 3.26. The van der Waals surface area contributed by atoms with E-state index in [4.69, 9.17) is 9.15 Å². The predicted molar refractivity (Wildman–Crippen MR) is 81.6 cm³/mol. The number of fused-ring (bicyclic) bond motifs is 1. The minimum Gasteiger partial charge on any atom is -0.502 e. The molecule has 7 heteroatoms. The van der Waals surface area contributed by atoms with E-state index in [1.54, 1.807) is 0 Å². The predicted octanol–water partition coefficient (Wildman–Crippen LogP) is 2.99. The summed E-state index contributed by atoms with van der Waals surface area (Å²) < 4.78 is 10.3. The zero-order valence-corrected chi connectivity index (χ0v) is 11.8. The number of hydrogen-bond acceptors (Lipinski definition) is 6. The maximum Gasteiger partial charge on any atom is 0.336 e. The van der Waals surface area contributed by atoms with E-state index in [0.29, 0.717) is 0 Å². The Morgan fingerprint density at radius 1 is 1.17 bits per heavy atom. The van der Waals surface area contributed by atoms with Crippen LogP contribution in [0, 0.1) is 10.1 Å². The van der Waals surface area contributed by atoms with E-state index >= 15 is 0 Å². The summed E-state index contributed by atoms with van der Waals surface area (Å²) in [4.78, 5) is 21.9. The van der Waals surface area contributed by atoms with Crippen LogP contribution in [0.2, 0.25) is 0 Å². The highest BCUT2D eigenvalue weighted by Gasteiger charge is 2.22. The van der Waals surface area contributed by atoms with Gasteiger partial charge in [0.2, 0.25) is 5.75 Å². The molecule has 3 rings (SSSR count). The zero-order chi connectivity index (χ0) is 16.4. The van der Waals surface area contributed by atoms with Crippen molar-refractivity contribution in [1.29, 1.82) is 0 Å². The van der Waals surface area contributed by atoms with Crippen molar-refractivity contribution in [3.05, 3.63) is 74.6 Å². The summed E-state index contributed by atoms with van der Waals surface area (Å²) in [6.07, 6.45) is 0. The highest BCUT2D eigenvalue weighted by atomic mass is 16.6. The molecule has 0 aliphatic heterocycles. The lowest BCUT2D eigenvalue weighted by Crippen LogP contribution is -2.00. The van der Waals surface area contributed by atoms with Crippen molar-refractivity contribution in [2.45, 2.75) is 6.61 Å². The van der Waals surface area contributed by atoms with Crippen LogP contribution in [0.15, 0.2) is 57.7 Å². The number of ether oxygens (including phenoxy) is 1. The fourth-order valence-corrected chi connectivity index (χ4v) is 2.17. The number of nitrogens with zero attached hydrogens (tertiary/aromatic N) is 1. The van der Waals surface area contributed by atoms with E-state index in [-0.39, 0.29) is 29.0 Å². The van der Waals surface area contributed by atoms with E-state index < -0.39 is 16.3 Å². The Kier molecular flexibility index (Phi) is 3.68. The van der Waals surface area contributed by atoms with Crippen molar-refractivity contribution in [2.75, 3.05) is 0 Å². The van der Waals surface area contributed by atoms with Crippen molar-refractivity contribution >= 4 is 16.7 Å². The smallest absolute Gasteiger partial charge is 0.336 e. The standard InChI is InChI=1S/C16H11NO6/c18-14-7-6-11-12(17(20)21)8-13(15(19)16(11)23-14)22-9-10-4-2-1-3-5-10/h1-8,19H,9H2. The van der Waals surface area contributed by atoms with Crippen LogP contribution < -0.4 is 10.4 Å². The molecule has 0 saturated carbocycles. The minimum atomic E-state index is -0.720. The van der Waals surface area contributed by atoms with Gasteiger partial charge in [-0.25, -0.2) is 4.79 Å². The Labute approximate surface area is 129 Å². The highest BCUT2D eigenvalue weighted by Crippen LogP contribution is 2.40. The molecule has 0 fully saturated rings. The number of phenolic OH excluding ortho intramolecular Hbond substituents is 1. The summed E-state index contributed by atoms with van der Waals surface area (Å²) in [5.41, 5.74) is -0.481. The van der Waals surface area contributed by atoms with Gasteiger partial charge in [-0.05, 0) is 11.6 Å². The quantitative estimate of drug-likeness (QED) is 0.451. The molecule has 0 aliphatic rings. The molecule has 0 bridgehead atoms. The second-order valence-corrected chi connectivity index (χ2v) is 4.77. The van der Waals surface area contributed by atoms with Crippen molar-refractivity contribution in [3.8, 4) is 11.5 Å². The third kappa shape index (κ3) is 2.84. The monoisotopic (exact) mass is 313 g/mol. The number of nitro groups is 1. The van der Waals surface area contributed by atoms with Crippen molar-refractivity contribution in [3.63, 3.8) is 0 Å². The van der Waals surface area contributed by atoms with Gasteiger partial charge in [-0.15, -0.1) is 0 Å². The van der Waals surface area contributed by atoms with Gasteiger partial charge in [0.1, 0.15) is 6.61 Å². The maximum atomic E-state index is 11.3. The van der Waals surface area contributed by atoms with Gasteiger partial charge in [0.25, 0.3) is 5.69 Å². The van der Waals surface area contributed by atoms with Crippen LogP contribution in [0.25, 0.3) is 11.0 Å². The Hall–Kier alpha value is -3.35. The van der Waals surface area contributed by atoms with Crippen LogP contribution in [0.4, 0.5) is 5.69 Å². The number of nitro benzene ring substituents is 1. The lowest BCUT2D eigenvalue weighted by atomic mass is 10.1. The second-order valence-electron chi connectivity index (χ2n) is 4.77. The van der Waals surface area contributed by atoms with Crippen LogP contribution in [0.3, 0.4) is 0 Å². The average molecular weight is 313 g/mol. The topological polar surface area (TPSA) is 103 Å². The number of non-ortho nitro benzene ring substituents is 1. The largest absolute Gasteiger partial charge is 0.502 e. The zero-order valence-electron chi connectivity index (χ0n) is 11.8. The van der Waals surface area contributed by atoms with E-state index in [2.05, 4.69) is 0 Å². The molecule has 1 aromatic heterocycles. The van der Waals surface area contributed by atoms with Gasteiger partial charge in [0.15, 0.2) is 11.3 Å². The number of benzene rings is 2. The molecule has 1 heterocycles. The highest BCUT2D eigenvalue weighted by molar-refractivity contribution is 5.92. The normalized spacial score (nSPS) is 10.6. The third-order valence-electron chi connectivity index (χ3n) is 3.26. The van der Waals surface area contributed by atoms with Crippen molar-refractivity contribution in [2.24, 2.45) is 0 Å². The molecule has 0 saturated heterocycles. The fourth-order valence-electron chi connectivity index (χ4n) is 2.17. The average Bonchev–Trinajstić information content (AvgIpc) is 2.55. The summed E-state index contributed by atoms with van der Waals surface area (Å²) in [5.74, 6) is -0.568. The van der Waals surface area contributed by atoms with Crippen LogP contribution >= 0.6 is 0 Å². The summed E-state index contributed by atoms with van der Waals surface area (Å²) in [6, 6.07) is 12.5. The first kappa shape index (κ1) is 14.6. The molecule has 1 N–H and O–H groups in total. The molecule has 0 amide bonds. The van der Waals surface area contributed by atoms with Crippen molar-refractivity contribution in [1.82, 2.24) is 0 Å². The number of phenols is 1. The second kappa shape index (κ2) is 5.80. The SMILES string of the molecule is O=c1ccc2c([N+](=O)[O-])cc(OCc3ccccc3)c(O)c2o1. The Balaban J connectivity index is 2.08. The molecule has 0 atom stereocenters. The van der Waals surface area contributed by atoms with E-state index in [1.807, 2.05) is 30.3 Å². The minimum absolute atomic E-state index is 0.0270. The molecule has 0 radical (unpaired) electrons. The van der Waals surface area contributed by atoms with Gasteiger partial charge in [0, 0.05) is 6.07 Å². The molecule has 7 nitrogen and oxygen atoms in total. The van der Waals surface area contributed by atoms with Gasteiger partial charge in [0.05, 0.1) is 16.4 Å². The van der Waals surface area contributed by atoms with Crippen LogP contribution in [-0.4, -0.2) is 10.0 Å². The lowest BCUT2D eigenvalue weighted by molar-refractivity contribution is -0.383. The van der Waals surface area contributed by atoms with Crippen LogP contribution in [0.1, 0.15) is 5.56 Å². The molecular formula is C16H11NO6. The molecule has 116 valence electrons. The summed E-state index contributed by atoms with van der Waals surface area (Å²) >= 11 is 0. The Bertz CT molecular complexity index is 932. The molecule has 0 unspecified atom stereocenters. The van der Waals surface area contributed by atoms with E-state index in [1.165, 1.54) is 6.07 Å². The molecular weight excluding hydrogens is 302 g/mol. The summed E-state index contributed by atoms with van der Waals surface area (Å²) in [7, 11) is 0. The molecule has 0 spiro atoms. The van der Waals surface area contributed by atoms with Gasteiger partial charge in [-0.2, -0.15) is 0 Å². The van der Waals surface area contributed by atoms with Gasteiger partial charge >= 0.3 is 5.63 Å². The Morgan fingerprint density at radius 3 is 2.61 bits per heavy atom. The van der Waals surface area contributed by atoms with Crippen molar-refractivity contribution < 1.29 is 19.2 Å². The fraction of sp³-hybridized carbons (Fsp3) is 0.0625. The molecule has 3 aromatic rings. The number of rotatable bonds is 4. The van der Waals surface area contributed by atoms with E-state index in [9.17, 15) is 20.0 Å². The molecule has 2 aromatic carbocycles. The van der Waals surface area contributed by atoms with Gasteiger partial charge in [-0.1, -0.05) is 30.3 Å². The van der Waals surface area contributed by atoms with Crippen LogP contribution in [0.5, 0.6) is 11.5 Å². The lowest BCUT2D eigenvalue weighted by Gasteiger charge is -2.09. The molecule has 0 aliphatic carbocycles. The van der Waals surface area contributed by atoms with E-state index in [0.717, 1.165) is 17.7 Å². The number of aromatic hydroxyl groups is 1. The first-order chi connectivity index (χ1) is 11.1. The maximum absolute atomic E-state index is 11.3. The van der Waals surface area contributed by atoms with Gasteiger partial charge < -0.3 is 14.3 Å². The first-order valence-corrected chi connectivity index (χ1v) is 6.67. The van der Waals surface area contributed by atoms with Crippen LogP contribution in [-0.2, 0) is 6.61 Å². The van der Waals surface area contributed by atoms with Gasteiger partial charge in [-0.3, -0.25) is 10.1 Å².